The van der Waals surface area contributed by atoms with Gasteiger partial charge in [-0.15, -0.1) is 0 Å². The molecular formula is C18H20N4. The highest BCUT2D eigenvalue weighted by Crippen LogP contribution is 2.25. The lowest BCUT2D eigenvalue weighted by Crippen LogP contribution is -2.39. The van der Waals surface area contributed by atoms with E-state index in [1.807, 2.05) is 43.3 Å². The molecule has 0 aliphatic carbocycles. The van der Waals surface area contributed by atoms with Gasteiger partial charge >= 0.3 is 0 Å². The Bertz CT molecular complexity index is 731. The lowest BCUT2D eigenvalue weighted by atomic mass is 9.98. The van der Waals surface area contributed by atoms with Crippen LogP contribution < -0.4 is 16.4 Å². The Labute approximate surface area is 130 Å². The number of aliphatic imine (C=N–C) groups is 1. The van der Waals surface area contributed by atoms with E-state index >= 15 is 0 Å². The van der Waals surface area contributed by atoms with Crippen LogP contribution in [-0.4, -0.2) is 6.34 Å². The van der Waals surface area contributed by atoms with Crippen LogP contribution in [-0.2, 0) is 5.66 Å². The second kappa shape index (κ2) is 5.66. The zero-order valence-electron chi connectivity index (χ0n) is 12.8. The number of hydrogen-bond donors (Lipinski definition) is 3. The fraction of sp³-hybridized carbons (Fsp3) is 0.167. The summed E-state index contributed by atoms with van der Waals surface area (Å²) in [5.74, 6) is 0.822. The molecule has 4 heteroatoms. The monoisotopic (exact) mass is 292 g/mol. The zero-order valence-corrected chi connectivity index (χ0v) is 12.8. The predicted molar refractivity (Wildman–Crippen MR) is 91.6 cm³/mol. The Morgan fingerprint density at radius 2 is 1.82 bits per heavy atom. The lowest BCUT2D eigenvalue weighted by molar-refractivity contribution is 0.580. The SMILES string of the molecule is Cc1ccc(NC2=CC(N)(c3cccc(C)c3)N=CN2)cc1. The highest BCUT2D eigenvalue weighted by Gasteiger charge is 2.26. The van der Waals surface area contributed by atoms with E-state index < -0.39 is 5.66 Å². The van der Waals surface area contributed by atoms with E-state index in [9.17, 15) is 0 Å². The quantitative estimate of drug-likeness (QED) is 0.815. The van der Waals surface area contributed by atoms with Crippen molar-refractivity contribution in [1.82, 2.24) is 5.32 Å². The molecule has 1 heterocycles. The van der Waals surface area contributed by atoms with Crippen molar-refractivity contribution in [2.45, 2.75) is 19.5 Å². The van der Waals surface area contributed by atoms with Crippen LogP contribution in [0.3, 0.4) is 0 Å². The Morgan fingerprint density at radius 3 is 2.55 bits per heavy atom. The standard InChI is InChI=1S/C18H20N4/c1-13-6-8-16(9-7-13)22-17-11-18(19,21-12-20-17)15-5-3-4-14(2)10-15/h3-12,22H,19H2,1-2H3,(H,20,21). The summed E-state index contributed by atoms with van der Waals surface area (Å²) in [6, 6.07) is 16.3. The van der Waals surface area contributed by atoms with Crippen LogP contribution in [0.1, 0.15) is 16.7 Å². The Morgan fingerprint density at radius 1 is 1.05 bits per heavy atom. The van der Waals surface area contributed by atoms with Gasteiger partial charge in [0, 0.05) is 11.8 Å². The van der Waals surface area contributed by atoms with Crippen molar-refractivity contribution < 1.29 is 0 Å². The Kier molecular flexibility index (Phi) is 3.69. The molecule has 0 amide bonds. The van der Waals surface area contributed by atoms with Crippen molar-refractivity contribution in [3.63, 3.8) is 0 Å². The molecule has 2 aromatic rings. The molecule has 3 rings (SSSR count). The first-order valence-corrected chi connectivity index (χ1v) is 7.28. The molecule has 0 fully saturated rings. The van der Waals surface area contributed by atoms with Gasteiger partial charge in [0.1, 0.15) is 5.82 Å². The van der Waals surface area contributed by atoms with E-state index in [2.05, 4.69) is 40.7 Å². The normalized spacial score (nSPS) is 20.2. The molecule has 1 unspecified atom stereocenters. The number of nitrogens with two attached hydrogens (primary N) is 1. The minimum Gasteiger partial charge on any atom is -0.342 e. The van der Waals surface area contributed by atoms with Crippen molar-refractivity contribution in [2.75, 3.05) is 5.32 Å². The maximum atomic E-state index is 6.46. The van der Waals surface area contributed by atoms with Crippen molar-refractivity contribution in [2.24, 2.45) is 10.7 Å². The number of anilines is 1. The van der Waals surface area contributed by atoms with Crippen LogP contribution >= 0.6 is 0 Å². The molecule has 1 aliphatic heterocycles. The van der Waals surface area contributed by atoms with E-state index in [0.717, 1.165) is 22.6 Å². The average Bonchev–Trinajstić information content (AvgIpc) is 2.50. The zero-order chi connectivity index (χ0) is 15.6. The van der Waals surface area contributed by atoms with Gasteiger partial charge < -0.3 is 10.6 Å². The molecule has 0 aromatic heterocycles. The van der Waals surface area contributed by atoms with Crippen LogP contribution in [0.15, 0.2) is 65.4 Å². The van der Waals surface area contributed by atoms with Gasteiger partial charge in [-0.3, -0.25) is 5.73 Å². The van der Waals surface area contributed by atoms with Crippen molar-refractivity contribution >= 4 is 12.0 Å². The highest BCUT2D eigenvalue weighted by atomic mass is 15.2. The molecule has 0 spiro atoms. The predicted octanol–water partition coefficient (Wildman–Crippen LogP) is 3.00. The molecule has 0 radical (unpaired) electrons. The summed E-state index contributed by atoms with van der Waals surface area (Å²) in [6.07, 6.45) is 3.54. The summed E-state index contributed by atoms with van der Waals surface area (Å²) < 4.78 is 0. The molecule has 2 aromatic carbocycles. The molecule has 4 nitrogen and oxygen atoms in total. The number of benzene rings is 2. The van der Waals surface area contributed by atoms with E-state index in [1.165, 1.54) is 5.56 Å². The van der Waals surface area contributed by atoms with E-state index in [0.29, 0.717) is 0 Å². The molecule has 22 heavy (non-hydrogen) atoms. The van der Waals surface area contributed by atoms with Crippen molar-refractivity contribution in [3.05, 3.63) is 77.1 Å². The second-order valence-corrected chi connectivity index (χ2v) is 5.65. The lowest BCUT2D eigenvalue weighted by Gasteiger charge is -2.27. The fourth-order valence-corrected chi connectivity index (χ4v) is 2.42. The third-order valence-corrected chi connectivity index (χ3v) is 3.67. The average molecular weight is 292 g/mol. The van der Waals surface area contributed by atoms with Gasteiger partial charge in [0.15, 0.2) is 5.66 Å². The Balaban J connectivity index is 1.87. The number of rotatable bonds is 3. The van der Waals surface area contributed by atoms with Crippen LogP contribution in [0.25, 0.3) is 0 Å². The summed E-state index contributed by atoms with van der Waals surface area (Å²) in [4.78, 5) is 4.40. The summed E-state index contributed by atoms with van der Waals surface area (Å²) >= 11 is 0. The van der Waals surface area contributed by atoms with Gasteiger partial charge in [0.05, 0.1) is 6.34 Å². The van der Waals surface area contributed by atoms with Crippen LogP contribution in [0.4, 0.5) is 5.69 Å². The molecule has 0 saturated carbocycles. The highest BCUT2D eigenvalue weighted by molar-refractivity contribution is 5.64. The number of nitrogens with zero attached hydrogens (tertiary/aromatic N) is 1. The summed E-state index contributed by atoms with van der Waals surface area (Å²) in [5, 5.41) is 6.43. The second-order valence-electron chi connectivity index (χ2n) is 5.65. The summed E-state index contributed by atoms with van der Waals surface area (Å²) in [5.41, 5.74) is 9.97. The first-order chi connectivity index (χ1) is 10.5. The maximum Gasteiger partial charge on any atom is 0.158 e. The molecule has 0 bridgehead atoms. The third kappa shape index (κ3) is 3.02. The van der Waals surface area contributed by atoms with Crippen LogP contribution in [0.2, 0.25) is 0 Å². The third-order valence-electron chi connectivity index (χ3n) is 3.67. The fourth-order valence-electron chi connectivity index (χ4n) is 2.42. The number of aryl methyl sites for hydroxylation is 2. The first kappa shape index (κ1) is 14.4. The largest absolute Gasteiger partial charge is 0.342 e. The summed E-state index contributed by atoms with van der Waals surface area (Å²) in [6.45, 7) is 4.12. The van der Waals surface area contributed by atoms with Crippen molar-refractivity contribution in [1.29, 1.82) is 0 Å². The first-order valence-electron chi connectivity index (χ1n) is 7.28. The number of hydrogen-bond acceptors (Lipinski definition) is 4. The molecule has 1 atom stereocenters. The smallest absolute Gasteiger partial charge is 0.158 e. The van der Waals surface area contributed by atoms with Gasteiger partial charge in [0.25, 0.3) is 0 Å². The molecule has 4 N–H and O–H groups in total. The molecule has 112 valence electrons. The van der Waals surface area contributed by atoms with Crippen LogP contribution in [0.5, 0.6) is 0 Å². The van der Waals surface area contributed by atoms with Gasteiger partial charge in [-0.2, -0.15) is 0 Å². The minimum atomic E-state index is -0.857. The maximum absolute atomic E-state index is 6.46. The van der Waals surface area contributed by atoms with Gasteiger partial charge in [-0.05, 0) is 31.5 Å². The van der Waals surface area contributed by atoms with Gasteiger partial charge in [-0.25, -0.2) is 4.99 Å². The molecular weight excluding hydrogens is 272 g/mol. The number of nitrogens with one attached hydrogen (secondary N) is 2. The minimum absolute atomic E-state index is 0.822. The van der Waals surface area contributed by atoms with Gasteiger partial charge in [0.2, 0.25) is 0 Å². The van der Waals surface area contributed by atoms with E-state index in [-0.39, 0.29) is 0 Å². The molecule has 1 aliphatic rings. The summed E-state index contributed by atoms with van der Waals surface area (Å²) in [7, 11) is 0. The van der Waals surface area contributed by atoms with Crippen molar-refractivity contribution in [3.8, 4) is 0 Å². The van der Waals surface area contributed by atoms with E-state index in [4.69, 9.17) is 5.73 Å². The topological polar surface area (TPSA) is 62.4 Å². The van der Waals surface area contributed by atoms with E-state index in [1.54, 1.807) is 6.34 Å². The van der Waals surface area contributed by atoms with Gasteiger partial charge in [-0.1, -0.05) is 47.5 Å². The molecule has 0 saturated heterocycles. The Hall–Kier alpha value is -2.59. The van der Waals surface area contributed by atoms with Crippen LogP contribution in [0, 0.1) is 13.8 Å².